The first-order valence-electron chi connectivity index (χ1n) is 7.16. The number of carbonyl (C=O) groups excluding carboxylic acids is 1. The molecule has 1 saturated heterocycles. The Morgan fingerprint density at radius 2 is 2.13 bits per heavy atom. The number of hydrogen-bond donors (Lipinski definition) is 2. The molecule has 2 unspecified atom stereocenters. The van der Waals surface area contributed by atoms with Gasteiger partial charge in [-0.1, -0.05) is 11.3 Å². The van der Waals surface area contributed by atoms with Crippen molar-refractivity contribution in [3.63, 3.8) is 0 Å². The van der Waals surface area contributed by atoms with Gasteiger partial charge in [0.2, 0.25) is 0 Å². The van der Waals surface area contributed by atoms with Gasteiger partial charge in [0.25, 0.3) is 5.91 Å². The van der Waals surface area contributed by atoms with E-state index in [0.717, 1.165) is 38.9 Å². The zero-order valence-corrected chi connectivity index (χ0v) is 16.6. The van der Waals surface area contributed by atoms with Gasteiger partial charge in [-0.3, -0.25) is 4.79 Å². The lowest BCUT2D eigenvalue weighted by molar-refractivity contribution is 0.0924. The third-order valence-electron chi connectivity index (χ3n) is 3.76. The maximum Gasteiger partial charge on any atom is 0.261 e. The van der Waals surface area contributed by atoms with Gasteiger partial charge in [-0.05, 0) is 32.4 Å². The third kappa shape index (κ3) is 4.48. The van der Waals surface area contributed by atoms with Crippen molar-refractivity contribution in [2.24, 2.45) is 0 Å². The second kappa shape index (κ2) is 8.48. The van der Waals surface area contributed by atoms with Crippen molar-refractivity contribution in [1.29, 1.82) is 0 Å². The SMILES string of the molecule is CC1NCCCC1NC(=O)c1cc2sc(N(C)C)nc2s1.Cl.Cl. The van der Waals surface area contributed by atoms with Crippen molar-refractivity contribution in [3.05, 3.63) is 10.9 Å². The molecule has 0 bridgehead atoms. The van der Waals surface area contributed by atoms with Crippen LogP contribution in [0, 0.1) is 0 Å². The smallest absolute Gasteiger partial charge is 0.261 e. The number of piperidine rings is 1. The van der Waals surface area contributed by atoms with E-state index in [4.69, 9.17) is 0 Å². The fourth-order valence-electron chi connectivity index (χ4n) is 2.51. The standard InChI is InChI=1S/C14H20N4OS2.2ClH/c1-8-9(5-4-6-15-8)16-12(19)10-7-11-13(20-10)17-14(21-11)18(2)3;;/h7-9,15H,4-6H2,1-3H3,(H,16,19);2*1H. The molecule has 0 spiro atoms. The van der Waals surface area contributed by atoms with Gasteiger partial charge in [0, 0.05) is 26.2 Å². The maximum absolute atomic E-state index is 12.4. The molecule has 2 N–H and O–H groups in total. The molecule has 0 radical (unpaired) electrons. The van der Waals surface area contributed by atoms with Crippen molar-refractivity contribution in [3.8, 4) is 0 Å². The van der Waals surface area contributed by atoms with Crippen LogP contribution in [0.15, 0.2) is 6.07 Å². The summed E-state index contributed by atoms with van der Waals surface area (Å²) in [4.78, 5) is 20.6. The minimum Gasteiger partial charge on any atom is -0.354 e. The summed E-state index contributed by atoms with van der Waals surface area (Å²) >= 11 is 3.10. The predicted molar refractivity (Wildman–Crippen MR) is 104 cm³/mol. The van der Waals surface area contributed by atoms with Gasteiger partial charge in [0.15, 0.2) is 5.13 Å². The minimum absolute atomic E-state index is 0. The number of hydrogen-bond acceptors (Lipinski definition) is 6. The van der Waals surface area contributed by atoms with Crippen LogP contribution in [-0.2, 0) is 0 Å². The minimum atomic E-state index is 0. The van der Waals surface area contributed by atoms with Gasteiger partial charge in [0.1, 0.15) is 4.83 Å². The summed E-state index contributed by atoms with van der Waals surface area (Å²) < 4.78 is 1.09. The normalized spacial score (nSPS) is 20.5. The molecule has 3 rings (SSSR count). The van der Waals surface area contributed by atoms with Gasteiger partial charge in [0.05, 0.1) is 9.58 Å². The van der Waals surface area contributed by atoms with Crippen molar-refractivity contribution >= 4 is 68.1 Å². The summed E-state index contributed by atoms with van der Waals surface area (Å²) in [6.07, 6.45) is 2.16. The van der Waals surface area contributed by atoms with Crippen LogP contribution in [0.3, 0.4) is 0 Å². The molecule has 0 aromatic carbocycles. The van der Waals surface area contributed by atoms with E-state index in [1.165, 1.54) is 11.3 Å². The molecular formula is C14H22Cl2N4OS2. The molecule has 1 aliphatic rings. The van der Waals surface area contributed by atoms with Crippen LogP contribution in [0.1, 0.15) is 29.4 Å². The monoisotopic (exact) mass is 396 g/mol. The Morgan fingerprint density at radius 3 is 2.74 bits per heavy atom. The molecule has 23 heavy (non-hydrogen) atoms. The summed E-state index contributed by atoms with van der Waals surface area (Å²) in [5.74, 6) is 0.0251. The van der Waals surface area contributed by atoms with Gasteiger partial charge in [-0.15, -0.1) is 36.2 Å². The molecule has 0 saturated carbocycles. The molecule has 5 nitrogen and oxygen atoms in total. The largest absolute Gasteiger partial charge is 0.354 e. The Morgan fingerprint density at radius 1 is 1.39 bits per heavy atom. The van der Waals surface area contributed by atoms with Crippen LogP contribution in [-0.4, -0.2) is 43.6 Å². The molecule has 1 aliphatic heterocycles. The third-order valence-corrected chi connectivity index (χ3v) is 6.09. The lowest BCUT2D eigenvalue weighted by atomic mass is 10.00. The zero-order chi connectivity index (χ0) is 15.0. The van der Waals surface area contributed by atoms with Crippen molar-refractivity contribution < 1.29 is 4.79 Å². The zero-order valence-electron chi connectivity index (χ0n) is 13.3. The number of thiazole rings is 1. The number of thiophene rings is 1. The molecule has 1 fully saturated rings. The molecule has 1 amide bonds. The molecule has 2 aromatic heterocycles. The van der Waals surface area contributed by atoms with Crippen molar-refractivity contribution in [2.75, 3.05) is 25.5 Å². The van der Waals surface area contributed by atoms with Gasteiger partial charge >= 0.3 is 0 Å². The van der Waals surface area contributed by atoms with Gasteiger partial charge < -0.3 is 15.5 Å². The Balaban J connectivity index is 0.00000132. The topological polar surface area (TPSA) is 57.3 Å². The number of carbonyl (C=O) groups is 1. The average molecular weight is 397 g/mol. The van der Waals surface area contributed by atoms with E-state index in [9.17, 15) is 4.79 Å². The number of aromatic nitrogens is 1. The van der Waals surface area contributed by atoms with E-state index >= 15 is 0 Å². The molecular weight excluding hydrogens is 375 g/mol. The quantitative estimate of drug-likeness (QED) is 0.836. The highest BCUT2D eigenvalue weighted by Crippen LogP contribution is 2.33. The first-order valence-corrected chi connectivity index (χ1v) is 8.80. The number of nitrogens with one attached hydrogen (secondary N) is 2. The summed E-state index contributed by atoms with van der Waals surface area (Å²) in [5.41, 5.74) is 0. The second-order valence-electron chi connectivity index (χ2n) is 5.64. The second-order valence-corrected chi connectivity index (χ2v) is 7.68. The predicted octanol–water partition coefficient (Wildman–Crippen LogP) is 3.14. The summed E-state index contributed by atoms with van der Waals surface area (Å²) in [6.45, 7) is 3.17. The fourth-order valence-corrected chi connectivity index (χ4v) is 4.54. The van der Waals surface area contributed by atoms with E-state index < -0.39 is 0 Å². The summed E-state index contributed by atoms with van der Waals surface area (Å²) in [7, 11) is 3.96. The Hall–Kier alpha value is -0.600. The Kier molecular flexibility index (Phi) is 7.54. The highest BCUT2D eigenvalue weighted by molar-refractivity contribution is 7.29. The highest BCUT2D eigenvalue weighted by atomic mass is 35.5. The Labute approximate surface area is 156 Å². The van der Waals surface area contributed by atoms with Crippen LogP contribution in [0.25, 0.3) is 9.53 Å². The van der Waals surface area contributed by atoms with E-state index in [-0.39, 0.29) is 36.8 Å². The summed E-state index contributed by atoms with van der Waals surface area (Å²) in [5, 5.41) is 7.53. The number of amides is 1. The van der Waals surface area contributed by atoms with Crippen LogP contribution in [0.2, 0.25) is 0 Å². The lowest BCUT2D eigenvalue weighted by Crippen LogP contribution is -2.51. The molecule has 9 heteroatoms. The van der Waals surface area contributed by atoms with Crippen LogP contribution in [0.4, 0.5) is 5.13 Å². The first kappa shape index (κ1) is 20.4. The van der Waals surface area contributed by atoms with Gasteiger partial charge in [-0.2, -0.15) is 0 Å². The molecule has 2 atom stereocenters. The van der Waals surface area contributed by atoms with E-state index in [2.05, 4.69) is 22.5 Å². The van der Waals surface area contributed by atoms with E-state index in [1.54, 1.807) is 11.3 Å². The highest BCUT2D eigenvalue weighted by Gasteiger charge is 2.24. The molecule has 0 aliphatic carbocycles. The van der Waals surface area contributed by atoms with Crippen LogP contribution >= 0.6 is 47.5 Å². The average Bonchev–Trinajstić information content (AvgIpc) is 2.99. The van der Waals surface area contributed by atoms with Crippen LogP contribution < -0.4 is 15.5 Å². The molecule has 130 valence electrons. The lowest BCUT2D eigenvalue weighted by Gasteiger charge is -2.30. The maximum atomic E-state index is 12.4. The number of nitrogens with zero attached hydrogens (tertiary/aromatic N) is 2. The van der Waals surface area contributed by atoms with Crippen molar-refractivity contribution in [2.45, 2.75) is 31.8 Å². The summed E-state index contributed by atoms with van der Waals surface area (Å²) in [6, 6.07) is 2.51. The number of anilines is 1. The molecule has 2 aromatic rings. The Bertz CT molecular complexity index is 627. The first-order chi connectivity index (χ1) is 10.0. The number of rotatable bonds is 3. The van der Waals surface area contributed by atoms with E-state index in [1.807, 2.05) is 25.1 Å². The van der Waals surface area contributed by atoms with Gasteiger partial charge in [-0.25, -0.2) is 4.98 Å². The fraction of sp³-hybridized carbons (Fsp3) is 0.571. The number of halogens is 2. The molecule has 3 heterocycles. The van der Waals surface area contributed by atoms with Crippen LogP contribution in [0.5, 0.6) is 0 Å². The van der Waals surface area contributed by atoms with Crippen molar-refractivity contribution in [1.82, 2.24) is 15.6 Å². The number of fused-ring (bicyclic) bond motifs is 1. The van der Waals surface area contributed by atoms with E-state index in [0.29, 0.717) is 6.04 Å².